The molecule has 2 fully saturated rings. The molecular weight excluding hydrogens is 969 g/mol. The topological polar surface area (TPSA) is 26.5 Å². The van der Waals surface area contributed by atoms with Gasteiger partial charge in [-0.05, 0) is 145 Å². The largest absolute Gasteiger partial charge is 0.457 e. The summed E-state index contributed by atoms with van der Waals surface area (Å²) in [5.74, 6) is 0.623. The van der Waals surface area contributed by atoms with Gasteiger partial charge in [0.05, 0.1) is 21.3 Å². The minimum atomic E-state index is -2.92. The van der Waals surface area contributed by atoms with Crippen molar-refractivity contribution in [1.29, 1.82) is 0 Å². The third-order valence-corrected chi connectivity index (χ3v) is 24.7. The molecule has 5 heteroatoms. The maximum Gasteiger partial charge on any atom is 0.195 e. The van der Waals surface area contributed by atoms with Crippen molar-refractivity contribution in [2.24, 2.45) is 0 Å². The maximum atomic E-state index is 10.1. The number of rotatable bonds is 6. The average Bonchev–Trinajstić information content (AvgIpc) is 4.38. The molecule has 0 spiro atoms. The molecular formula is C72H64N2OSSi. The molecule has 0 bridgehead atoms. The van der Waals surface area contributed by atoms with Crippen LogP contribution < -0.4 is 20.3 Å². The molecule has 0 saturated heterocycles. The van der Waals surface area contributed by atoms with Crippen LogP contribution in [0, 0.1) is 0 Å². The molecule has 3 nitrogen and oxygen atoms in total. The van der Waals surface area contributed by atoms with Crippen LogP contribution in [-0.2, 0) is 10.8 Å². The Kier molecular flexibility index (Phi) is 10.2. The fourth-order valence-corrected chi connectivity index (χ4v) is 19.1. The van der Waals surface area contributed by atoms with E-state index in [9.17, 15) is 2.74 Å². The molecule has 77 heavy (non-hydrogen) atoms. The van der Waals surface area contributed by atoms with E-state index >= 15 is 0 Å². The zero-order chi connectivity index (χ0) is 53.6. The molecule has 0 radical (unpaired) electrons. The number of benzene rings is 9. The molecule has 3 aliphatic carbocycles. The van der Waals surface area contributed by atoms with Gasteiger partial charge in [0.2, 0.25) is 0 Å². The number of ether oxygens (including phenoxy) is 1. The molecule has 11 aromatic rings. The molecule has 2 saturated carbocycles. The van der Waals surface area contributed by atoms with Crippen LogP contribution in [0.4, 0.5) is 0 Å². The van der Waals surface area contributed by atoms with Crippen molar-refractivity contribution in [2.45, 2.75) is 108 Å². The van der Waals surface area contributed by atoms with Gasteiger partial charge in [-0.3, -0.25) is 4.40 Å². The summed E-state index contributed by atoms with van der Waals surface area (Å²) in [4.78, 5) is 6.51. The quantitative estimate of drug-likeness (QED) is 0.123. The summed E-state index contributed by atoms with van der Waals surface area (Å²) in [7, 11) is -2.92. The number of thiazole rings is 1. The summed E-state index contributed by atoms with van der Waals surface area (Å²) in [5, 5.41) is 3.91. The van der Waals surface area contributed by atoms with Gasteiger partial charge in [0.25, 0.3) is 0 Å². The number of hydrogen-bond acceptors (Lipinski definition) is 3. The Morgan fingerprint density at radius 2 is 1.12 bits per heavy atom. The Hall–Kier alpha value is -7.31. The zero-order valence-corrected chi connectivity index (χ0v) is 46.6. The smallest absolute Gasteiger partial charge is 0.195 e. The number of para-hydroxylation sites is 1. The van der Waals surface area contributed by atoms with Gasteiger partial charge in [-0.2, -0.15) is 0 Å². The lowest BCUT2D eigenvalue weighted by atomic mass is 9.61. The Morgan fingerprint density at radius 3 is 1.78 bits per heavy atom. The van der Waals surface area contributed by atoms with Crippen molar-refractivity contribution < 1.29 is 7.48 Å². The van der Waals surface area contributed by atoms with Crippen molar-refractivity contribution >= 4 is 61.2 Å². The van der Waals surface area contributed by atoms with Crippen LogP contribution in [0.25, 0.3) is 81.8 Å². The van der Waals surface area contributed by atoms with E-state index in [0.717, 1.165) is 112 Å². The van der Waals surface area contributed by atoms with Gasteiger partial charge in [-0.25, -0.2) is 4.98 Å². The van der Waals surface area contributed by atoms with Crippen LogP contribution in [0.3, 0.4) is 0 Å². The molecule has 4 aliphatic rings. The summed E-state index contributed by atoms with van der Waals surface area (Å²) < 4.78 is 30.6. The number of imidazole rings is 1. The molecule has 2 aromatic heterocycles. The molecule has 0 N–H and O–H groups in total. The van der Waals surface area contributed by atoms with Crippen LogP contribution in [0.2, 0.25) is 6.55 Å². The van der Waals surface area contributed by atoms with Crippen LogP contribution in [0.1, 0.15) is 116 Å². The van der Waals surface area contributed by atoms with E-state index in [1.165, 1.54) is 70.3 Å². The highest BCUT2D eigenvalue weighted by molar-refractivity contribution is 7.23. The summed E-state index contributed by atoms with van der Waals surface area (Å²) >= 11 is 1.72. The minimum Gasteiger partial charge on any atom is -0.457 e. The standard InChI is InChI=1S/C72H64N2OSSi/c1-71(2)60-32-19-33-66(77(5,49-24-7-6-8-25-49)50-36-37-58-56-30-16-15-28-54(56)52-26-13-14-27-53(52)55-29-17-18-31-57(55)59(58)44-50)69(60)75-64-41-35-48(42-61(64)72(71,3)4)67-51(46-22-11-12-23-46)38-40-63-68(67)73-70-74(63)62-39-34-47(43-65(62)76-70)45-20-9-10-21-45/h6-8,13-19,24-46H,9-12,20-23H2,1-5H3/i45D,46D. The van der Waals surface area contributed by atoms with Crippen molar-refractivity contribution in [1.82, 2.24) is 9.38 Å². The van der Waals surface area contributed by atoms with E-state index in [1.54, 1.807) is 11.3 Å². The Balaban J connectivity index is 0.910. The number of fused-ring (bicyclic) bond motifs is 15. The lowest BCUT2D eigenvalue weighted by Gasteiger charge is -2.42. The third kappa shape index (κ3) is 7.01. The lowest BCUT2D eigenvalue weighted by Crippen LogP contribution is -2.65. The van der Waals surface area contributed by atoms with Gasteiger partial charge < -0.3 is 4.74 Å². The predicted octanol–water partition coefficient (Wildman–Crippen LogP) is 18.1. The summed E-state index contributed by atoms with van der Waals surface area (Å²) in [5.41, 5.74) is 19.0. The average molecular weight is 1040 g/mol. The second-order valence-electron chi connectivity index (χ2n) is 23.6. The first-order chi connectivity index (χ1) is 38.3. The monoisotopic (exact) mass is 1030 g/mol. The van der Waals surface area contributed by atoms with E-state index in [1.807, 2.05) is 0 Å². The van der Waals surface area contributed by atoms with Crippen LogP contribution in [0.15, 0.2) is 188 Å². The number of nitrogens with zero attached hydrogens (tertiary/aromatic N) is 2. The summed E-state index contributed by atoms with van der Waals surface area (Å²) in [6.45, 7) is 12.2. The predicted molar refractivity (Wildman–Crippen MR) is 327 cm³/mol. The highest BCUT2D eigenvalue weighted by Gasteiger charge is 2.48. The van der Waals surface area contributed by atoms with Crippen LogP contribution in [0.5, 0.6) is 11.5 Å². The molecule has 0 amide bonds. The van der Waals surface area contributed by atoms with E-state index in [-0.39, 0.29) is 0 Å². The van der Waals surface area contributed by atoms with Gasteiger partial charge in [-0.15, -0.1) is 0 Å². The first kappa shape index (κ1) is 44.8. The molecule has 378 valence electrons. The Morgan fingerprint density at radius 1 is 0.532 bits per heavy atom. The first-order valence-electron chi connectivity index (χ1n) is 29.1. The van der Waals surface area contributed by atoms with Gasteiger partial charge >= 0.3 is 0 Å². The third-order valence-electron chi connectivity index (χ3n) is 19.2. The maximum absolute atomic E-state index is 10.1. The second kappa shape index (κ2) is 17.6. The second-order valence-corrected chi connectivity index (χ2v) is 28.6. The lowest BCUT2D eigenvalue weighted by molar-refractivity contribution is 0.306. The highest BCUT2D eigenvalue weighted by atomic mass is 32.1. The first-order valence-corrected chi connectivity index (χ1v) is 31.4. The van der Waals surface area contributed by atoms with E-state index in [4.69, 9.17) is 9.72 Å². The fourth-order valence-electron chi connectivity index (χ4n) is 14.3. The molecule has 1 aliphatic heterocycles. The van der Waals surface area contributed by atoms with Gasteiger partial charge in [0.1, 0.15) is 19.6 Å². The van der Waals surface area contributed by atoms with Gasteiger partial charge in [0, 0.05) is 30.3 Å². The molecule has 1 atom stereocenters. The normalized spacial score (nSPS) is 18.5. The number of aromatic nitrogens is 2. The minimum absolute atomic E-state index is 0.391. The molecule has 3 heterocycles. The molecule has 9 aromatic carbocycles. The molecule has 1 unspecified atom stereocenters. The van der Waals surface area contributed by atoms with Crippen molar-refractivity contribution in [2.75, 3.05) is 0 Å². The Bertz CT molecular complexity index is 4300. The van der Waals surface area contributed by atoms with E-state index in [0.29, 0.717) is 0 Å². The number of hydrogen-bond donors (Lipinski definition) is 0. The van der Waals surface area contributed by atoms with Gasteiger partial charge in [0.15, 0.2) is 4.96 Å². The Labute approximate surface area is 461 Å². The molecule has 15 rings (SSSR count). The summed E-state index contributed by atoms with van der Waals surface area (Å²) in [6.07, 6.45) is 7.85. The van der Waals surface area contributed by atoms with Crippen LogP contribution >= 0.6 is 11.3 Å². The highest BCUT2D eigenvalue weighted by Crippen LogP contribution is 2.55. The van der Waals surface area contributed by atoms with Gasteiger partial charge in [-0.1, -0.05) is 229 Å². The van der Waals surface area contributed by atoms with Crippen molar-refractivity contribution in [3.05, 3.63) is 210 Å². The summed E-state index contributed by atoms with van der Waals surface area (Å²) in [6, 6.07) is 70.5. The van der Waals surface area contributed by atoms with Crippen molar-refractivity contribution in [3.8, 4) is 67.1 Å². The SMILES string of the molecule is [2H]C1(c2ccc3c(c2)sc2nc4c(-c5ccc6c(c5)C(C)(C)C(C)(C)c5cccc([Si](C)(c7ccccc7)c7ccc8c(c7)-c7ccccc7-c7ccccc7-c7ccccc7-8)c5O6)c(C5([2H])CCCC5)ccc4n23)CCCC1. The van der Waals surface area contributed by atoms with Crippen molar-refractivity contribution in [3.63, 3.8) is 0 Å². The fraction of sp³-hybridized carbons (Fsp3) is 0.236. The van der Waals surface area contributed by atoms with E-state index < -0.39 is 30.7 Å². The zero-order valence-electron chi connectivity index (χ0n) is 46.8. The van der Waals surface area contributed by atoms with Crippen LogP contribution in [-0.4, -0.2) is 17.5 Å². The van der Waals surface area contributed by atoms with E-state index in [2.05, 4.69) is 227 Å².